The van der Waals surface area contributed by atoms with Crippen molar-refractivity contribution in [3.05, 3.63) is 29.0 Å². The van der Waals surface area contributed by atoms with Crippen LogP contribution in [0.5, 0.6) is 0 Å². The van der Waals surface area contributed by atoms with Crippen LogP contribution in [-0.2, 0) is 6.42 Å². The molecule has 126 valence electrons. The summed E-state index contributed by atoms with van der Waals surface area (Å²) in [5.41, 5.74) is 5.77. The van der Waals surface area contributed by atoms with Crippen molar-refractivity contribution in [3.8, 4) is 0 Å². The van der Waals surface area contributed by atoms with Gasteiger partial charge in [-0.3, -0.25) is 10.1 Å². The van der Waals surface area contributed by atoms with Crippen LogP contribution in [0.4, 0.5) is 10.5 Å². The Kier molecular flexibility index (Phi) is 4.22. The lowest BCUT2D eigenvalue weighted by atomic mass is 10.0. The zero-order valence-corrected chi connectivity index (χ0v) is 13.5. The van der Waals surface area contributed by atoms with E-state index in [0.29, 0.717) is 11.3 Å². The number of nitrogens with one attached hydrogen (secondary N) is 3. The molecule has 0 fully saturated rings. The van der Waals surface area contributed by atoms with Gasteiger partial charge in [-0.25, -0.2) is 10.2 Å². The van der Waals surface area contributed by atoms with Crippen molar-refractivity contribution in [2.75, 3.05) is 26.0 Å². The Labute approximate surface area is 138 Å². The average Bonchev–Trinajstić information content (AvgIpc) is 2.73. The minimum absolute atomic E-state index is 0.342. The van der Waals surface area contributed by atoms with Gasteiger partial charge in [-0.1, -0.05) is 0 Å². The molecule has 0 atom stereocenters. The SMILES string of the molecule is CN(C)CCCc1[nH]c2cc(NC(=O)O)cc3c2c1C=NNC3=O. The summed E-state index contributed by atoms with van der Waals surface area (Å²) >= 11 is 0. The number of hydrogen-bond donors (Lipinski definition) is 4. The maximum atomic E-state index is 12.2. The molecule has 0 saturated heterocycles. The molecule has 1 aromatic heterocycles. The van der Waals surface area contributed by atoms with Crippen LogP contribution in [0.3, 0.4) is 0 Å². The quantitative estimate of drug-likeness (QED) is 0.671. The van der Waals surface area contributed by atoms with Crippen LogP contribution in [-0.4, -0.2) is 53.8 Å². The largest absolute Gasteiger partial charge is 0.465 e. The second-order valence-electron chi connectivity index (χ2n) is 6.00. The monoisotopic (exact) mass is 329 g/mol. The number of hydrazone groups is 1. The van der Waals surface area contributed by atoms with Crippen molar-refractivity contribution < 1.29 is 14.7 Å². The molecular formula is C16H19N5O3. The lowest BCUT2D eigenvalue weighted by molar-refractivity contribution is 0.0957. The van der Waals surface area contributed by atoms with Gasteiger partial charge in [0.15, 0.2) is 0 Å². The maximum Gasteiger partial charge on any atom is 0.409 e. The van der Waals surface area contributed by atoms with Crippen molar-refractivity contribution in [1.82, 2.24) is 15.3 Å². The molecule has 4 N–H and O–H groups in total. The number of amides is 2. The van der Waals surface area contributed by atoms with Crippen molar-refractivity contribution in [1.29, 1.82) is 0 Å². The first-order valence-electron chi connectivity index (χ1n) is 7.62. The van der Waals surface area contributed by atoms with Crippen LogP contribution < -0.4 is 10.7 Å². The van der Waals surface area contributed by atoms with Gasteiger partial charge in [-0.2, -0.15) is 5.10 Å². The van der Waals surface area contributed by atoms with Gasteiger partial charge in [-0.15, -0.1) is 0 Å². The maximum absolute atomic E-state index is 12.2. The highest BCUT2D eigenvalue weighted by Crippen LogP contribution is 2.30. The van der Waals surface area contributed by atoms with E-state index in [9.17, 15) is 9.59 Å². The number of nitrogens with zero attached hydrogens (tertiary/aromatic N) is 2. The number of carboxylic acid groups (broad SMARTS) is 1. The van der Waals surface area contributed by atoms with Crippen LogP contribution in [0.1, 0.15) is 28.0 Å². The highest BCUT2D eigenvalue weighted by molar-refractivity contribution is 6.16. The number of aryl methyl sites for hydroxylation is 1. The number of carbonyl (C=O) groups excluding carboxylic acids is 1. The fourth-order valence-electron chi connectivity index (χ4n) is 2.91. The summed E-state index contributed by atoms with van der Waals surface area (Å²) in [4.78, 5) is 28.5. The molecule has 0 radical (unpaired) electrons. The molecule has 0 unspecified atom stereocenters. The van der Waals surface area contributed by atoms with Crippen molar-refractivity contribution in [3.63, 3.8) is 0 Å². The zero-order chi connectivity index (χ0) is 17.3. The smallest absolute Gasteiger partial charge is 0.409 e. The number of aromatic amines is 1. The van der Waals surface area contributed by atoms with E-state index in [4.69, 9.17) is 5.11 Å². The average molecular weight is 329 g/mol. The third-order valence-electron chi connectivity index (χ3n) is 3.91. The first kappa shape index (κ1) is 16.0. The first-order valence-corrected chi connectivity index (χ1v) is 7.62. The number of anilines is 1. The van der Waals surface area contributed by atoms with Crippen molar-refractivity contribution >= 4 is 34.8 Å². The van der Waals surface area contributed by atoms with Gasteiger partial charge in [0, 0.05) is 27.8 Å². The predicted octanol–water partition coefficient (Wildman–Crippen LogP) is 1.83. The fourth-order valence-corrected chi connectivity index (χ4v) is 2.91. The molecule has 1 aliphatic heterocycles. The Hall–Kier alpha value is -2.87. The number of benzene rings is 1. The molecule has 8 nitrogen and oxygen atoms in total. The summed E-state index contributed by atoms with van der Waals surface area (Å²) in [6.45, 7) is 0.946. The number of rotatable bonds is 5. The fraction of sp³-hybridized carbons (Fsp3) is 0.312. The van der Waals surface area contributed by atoms with E-state index in [2.05, 4.69) is 25.7 Å². The van der Waals surface area contributed by atoms with Crippen LogP contribution >= 0.6 is 0 Å². The van der Waals surface area contributed by atoms with Gasteiger partial charge in [0.25, 0.3) is 5.91 Å². The van der Waals surface area contributed by atoms with Crippen LogP contribution in [0.15, 0.2) is 17.2 Å². The van der Waals surface area contributed by atoms with E-state index in [-0.39, 0.29) is 5.91 Å². The molecule has 2 aromatic rings. The van der Waals surface area contributed by atoms with Gasteiger partial charge in [-0.05, 0) is 45.6 Å². The second-order valence-corrected chi connectivity index (χ2v) is 6.00. The number of aromatic nitrogens is 1. The molecule has 0 aliphatic carbocycles. The topological polar surface area (TPSA) is 110 Å². The summed E-state index contributed by atoms with van der Waals surface area (Å²) in [5, 5.41) is 15.9. The number of H-pyrrole nitrogens is 1. The number of carbonyl (C=O) groups is 2. The molecule has 1 aromatic carbocycles. The highest BCUT2D eigenvalue weighted by Gasteiger charge is 2.21. The standard InChI is InChI=1S/C16H19N5O3/c1-21(2)5-3-4-12-11-8-17-20-15(22)10-6-9(18-16(23)24)7-13(19-12)14(10)11/h6-8,18-19H,3-5H2,1-2H3,(H,20,22)(H,23,24). The zero-order valence-electron chi connectivity index (χ0n) is 13.5. The lowest BCUT2D eigenvalue weighted by Crippen LogP contribution is -2.17. The Morgan fingerprint density at radius 2 is 2.17 bits per heavy atom. The molecule has 2 amide bonds. The predicted molar refractivity (Wildman–Crippen MR) is 91.9 cm³/mol. The minimum Gasteiger partial charge on any atom is -0.465 e. The lowest BCUT2D eigenvalue weighted by Gasteiger charge is -2.08. The third kappa shape index (κ3) is 3.09. The Morgan fingerprint density at radius 3 is 2.88 bits per heavy atom. The molecule has 0 spiro atoms. The Bertz CT molecular complexity index is 838. The molecule has 8 heteroatoms. The molecular weight excluding hydrogens is 310 g/mol. The van der Waals surface area contributed by atoms with Gasteiger partial charge in [0.1, 0.15) is 0 Å². The summed E-state index contributed by atoms with van der Waals surface area (Å²) in [6, 6.07) is 3.22. The molecule has 3 rings (SSSR count). The molecule has 2 heterocycles. The second kappa shape index (κ2) is 6.32. The highest BCUT2D eigenvalue weighted by atomic mass is 16.4. The van der Waals surface area contributed by atoms with Crippen LogP contribution in [0.25, 0.3) is 10.9 Å². The van der Waals surface area contributed by atoms with Crippen LogP contribution in [0, 0.1) is 0 Å². The van der Waals surface area contributed by atoms with Crippen molar-refractivity contribution in [2.24, 2.45) is 5.10 Å². The molecule has 24 heavy (non-hydrogen) atoms. The number of hydrogen-bond acceptors (Lipinski definition) is 4. The van der Waals surface area contributed by atoms with Gasteiger partial charge >= 0.3 is 6.09 Å². The van der Waals surface area contributed by atoms with Gasteiger partial charge in [0.05, 0.1) is 11.8 Å². The van der Waals surface area contributed by atoms with E-state index >= 15 is 0 Å². The van der Waals surface area contributed by atoms with E-state index in [1.54, 1.807) is 12.3 Å². The van der Waals surface area contributed by atoms with Gasteiger partial charge in [0.2, 0.25) is 0 Å². The molecule has 1 aliphatic rings. The molecule has 0 bridgehead atoms. The van der Waals surface area contributed by atoms with E-state index in [1.165, 1.54) is 6.07 Å². The van der Waals surface area contributed by atoms with Crippen molar-refractivity contribution in [2.45, 2.75) is 12.8 Å². The van der Waals surface area contributed by atoms with E-state index < -0.39 is 6.09 Å². The van der Waals surface area contributed by atoms with Crippen LogP contribution in [0.2, 0.25) is 0 Å². The summed E-state index contributed by atoms with van der Waals surface area (Å²) in [7, 11) is 4.04. The first-order chi connectivity index (χ1) is 11.5. The Morgan fingerprint density at radius 1 is 1.38 bits per heavy atom. The third-order valence-corrected chi connectivity index (χ3v) is 3.91. The normalized spacial score (nSPS) is 13.2. The Balaban J connectivity index is 2.07. The van der Waals surface area contributed by atoms with E-state index in [1.807, 2.05) is 14.1 Å². The summed E-state index contributed by atoms with van der Waals surface area (Å²) in [6.07, 6.45) is 2.23. The minimum atomic E-state index is -1.18. The summed E-state index contributed by atoms with van der Waals surface area (Å²) in [5.74, 6) is -0.358. The summed E-state index contributed by atoms with van der Waals surface area (Å²) < 4.78 is 0. The molecule has 0 saturated carbocycles. The van der Waals surface area contributed by atoms with Gasteiger partial charge < -0.3 is 15.0 Å². The van der Waals surface area contributed by atoms with E-state index in [0.717, 1.165) is 41.5 Å².